The molecule has 174 valence electrons. The van der Waals surface area contributed by atoms with Crippen LogP contribution in [0.2, 0.25) is 10.0 Å². The number of hydrogen-bond acceptors (Lipinski definition) is 6. The van der Waals surface area contributed by atoms with Gasteiger partial charge in [0.2, 0.25) is 5.95 Å². The van der Waals surface area contributed by atoms with Gasteiger partial charge >= 0.3 is 0 Å². The molecule has 0 aliphatic rings. The summed E-state index contributed by atoms with van der Waals surface area (Å²) in [6.07, 6.45) is 0. The van der Waals surface area contributed by atoms with Gasteiger partial charge in [-0.05, 0) is 35.9 Å². The molecular weight excluding hydrogens is 473 g/mol. The van der Waals surface area contributed by atoms with Crippen LogP contribution in [-0.4, -0.2) is 41.4 Å². The number of benzene rings is 3. The van der Waals surface area contributed by atoms with Crippen molar-refractivity contribution in [1.82, 2.24) is 14.8 Å². The summed E-state index contributed by atoms with van der Waals surface area (Å²) in [5.41, 5.74) is 2.94. The predicted molar refractivity (Wildman–Crippen MR) is 136 cm³/mol. The number of ether oxygens (including phenoxy) is 1. The molecule has 0 unspecified atom stereocenters. The molecule has 0 spiro atoms. The molecule has 0 atom stereocenters. The fourth-order valence-electron chi connectivity index (χ4n) is 3.20. The van der Waals surface area contributed by atoms with Crippen LogP contribution >= 0.6 is 23.2 Å². The number of rotatable bonds is 8. The maximum absolute atomic E-state index is 13.0. The Morgan fingerprint density at radius 1 is 1.03 bits per heavy atom. The first-order valence-electron chi connectivity index (χ1n) is 10.5. The fourth-order valence-corrected chi connectivity index (χ4v) is 3.66. The van der Waals surface area contributed by atoms with E-state index in [9.17, 15) is 4.79 Å². The molecule has 0 aliphatic heterocycles. The van der Waals surface area contributed by atoms with Crippen LogP contribution in [0.3, 0.4) is 0 Å². The summed E-state index contributed by atoms with van der Waals surface area (Å²) in [5, 5.41) is 8.46. The molecule has 0 saturated heterocycles. The first-order chi connectivity index (χ1) is 16.4. The minimum absolute atomic E-state index is 0.273. The lowest BCUT2D eigenvalue weighted by Gasteiger charge is -2.13. The van der Waals surface area contributed by atoms with Crippen LogP contribution in [0.1, 0.15) is 10.4 Å². The highest BCUT2D eigenvalue weighted by atomic mass is 35.5. The second-order valence-corrected chi connectivity index (χ2v) is 8.55. The monoisotopic (exact) mass is 495 g/mol. The smallest absolute Gasteiger partial charge is 0.287 e. The van der Waals surface area contributed by atoms with Gasteiger partial charge in [-0.15, -0.1) is 5.10 Å². The normalized spacial score (nSPS) is 10.7. The van der Waals surface area contributed by atoms with Crippen molar-refractivity contribution in [3.05, 3.63) is 88.4 Å². The number of carbonyl (C=O) groups is 1. The lowest BCUT2D eigenvalue weighted by molar-refractivity contribution is 0.0824. The Bertz CT molecular complexity index is 1270. The van der Waals surface area contributed by atoms with Gasteiger partial charge in [-0.25, -0.2) is 0 Å². The summed E-state index contributed by atoms with van der Waals surface area (Å²) in [7, 11) is 3.98. The van der Waals surface area contributed by atoms with Crippen LogP contribution in [0.15, 0.2) is 72.8 Å². The first-order valence-corrected chi connectivity index (χ1v) is 11.3. The van der Waals surface area contributed by atoms with Crippen LogP contribution < -0.4 is 15.0 Å². The Balaban J connectivity index is 1.54. The van der Waals surface area contributed by atoms with Crippen molar-refractivity contribution in [2.24, 2.45) is 0 Å². The van der Waals surface area contributed by atoms with Gasteiger partial charge in [0.1, 0.15) is 5.75 Å². The molecule has 0 bridgehead atoms. The number of halogens is 2. The maximum Gasteiger partial charge on any atom is 0.287 e. The molecule has 3 aromatic carbocycles. The van der Waals surface area contributed by atoms with Gasteiger partial charge in [0.05, 0.1) is 5.02 Å². The quantitative estimate of drug-likeness (QED) is 0.340. The third kappa shape index (κ3) is 5.68. The topological polar surface area (TPSA) is 72.3 Å². The molecule has 1 N–H and O–H groups in total. The maximum atomic E-state index is 13.0. The van der Waals surface area contributed by atoms with E-state index in [1.54, 1.807) is 18.2 Å². The largest absolute Gasteiger partial charge is 0.482 e. The zero-order valence-electron chi connectivity index (χ0n) is 18.7. The summed E-state index contributed by atoms with van der Waals surface area (Å²) in [4.78, 5) is 19.6. The molecule has 9 heteroatoms. The van der Waals surface area contributed by atoms with E-state index in [1.165, 1.54) is 4.68 Å². The van der Waals surface area contributed by atoms with Gasteiger partial charge in [0.15, 0.2) is 12.4 Å². The lowest BCUT2D eigenvalue weighted by atomic mass is 10.2. The molecular formula is C25H23Cl2N5O2. The molecule has 0 fully saturated rings. The third-order valence-electron chi connectivity index (χ3n) is 5.02. The van der Waals surface area contributed by atoms with Crippen LogP contribution in [0.25, 0.3) is 11.4 Å². The van der Waals surface area contributed by atoms with Crippen LogP contribution in [0.5, 0.6) is 5.75 Å². The summed E-state index contributed by atoms with van der Waals surface area (Å²) in [6, 6.07) is 22.4. The Morgan fingerprint density at radius 2 is 1.76 bits per heavy atom. The van der Waals surface area contributed by atoms with E-state index in [4.69, 9.17) is 27.9 Å². The van der Waals surface area contributed by atoms with Crippen LogP contribution in [-0.2, 0) is 6.54 Å². The Hall–Kier alpha value is -3.55. The van der Waals surface area contributed by atoms with Crippen molar-refractivity contribution in [2.75, 3.05) is 30.9 Å². The highest BCUT2D eigenvalue weighted by Crippen LogP contribution is 2.27. The number of hydrogen-bond donors (Lipinski definition) is 1. The third-order valence-corrected chi connectivity index (χ3v) is 5.55. The summed E-state index contributed by atoms with van der Waals surface area (Å²) < 4.78 is 6.84. The molecule has 1 aromatic heterocycles. The van der Waals surface area contributed by atoms with Gasteiger partial charge in [-0.1, -0.05) is 65.7 Å². The SMILES string of the molecule is CN(C)c1ccc(CNc2nc(-c3ccccc3)nn2C(=O)COc2ccc(Cl)cc2Cl)cc1. The summed E-state index contributed by atoms with van der Waals surface area (Å²) >= 11 is 12.1. The predicted octanol–water partition coefficient (Wildman–Crippen LogP) is 5.65. The second kappa shape index (κ2) is 10.6. The number of anilines is 2. The van der Waals surface area contributed by atoms with E-state index >= 15 is 0 Å². The number of aromatic nitrogens is 3. The summed E-state index contributed by atoms with van der Waals surface area (Å²) in [5.74, 6) is 0.722. The first kappa shape index (κ1) is 23.6. The van der Waals surface area contributed by atoms with Crippen LogP contribution in [0.4, 0.5) is 11.6 Å². The van der Waals surface area contributed by atoms with Crippen molar-refractivity contribution in [2.45, 2.75) is 6.54 Å². The number of carbonyl (C=O) groups excluding carboxylic acids is 1. The van der Waals surface area contributed by atoms with E-state index in [0.29, 0.717) is 34.1 Å². The molecule has 1 heterocycles. The van der Waals surface area contributed by atoms with Gasteiger partial charge in [0, 0.05) is 36.9 Å². The molecule has 0 saturated carbocycles. The lowest BCUT2D eigenvalue weighted by Crippen LogP contribution is -2.23. The number of nitrogens with one attached hydrogen (secondary N) is 1. The second-order valence-electron chi connectivity index (χ2n) is 7.71. The van der Waals surface area contributed by atoms with Crippen molar-refractivity contribution in [3.63, 3.8) is 0 Å². The van der Waals surface area contributed by atoms with Crippen molar-refractivity contribution < 1.29 is 9.53 Å². The minimum Gasteiger partial charge on any atom is -0.482 e. The highest BCUT2D eigenvalue weighted by Gasteiger charge is 2.18. The van der Waals surface area contributed by atoms with Gasteiger partial charge in [0.25, 0.3) is 5.91 Å². The molecule has 0 amide bonds. The zero-order chi connectivity index (χ0) is 24.1. The van der Waals surface area contributed by atoms with E-state index < -0.39 is 5.91 Å². The Labute approximate surface area is 207 Å². The summed E-state index contributed by atoms with van der Waals surface area (Å²) in [6.45, 7) is 0.197. The average Bonchev–Trinajstić information content (AvgIpc) is 3.27. The van der Waals surface area contributed by atoms with E-state index in [2.05, 4.69) is 15.4 Å². The Morgan fingerprint density at radius 3 is 2.44 bits per heavy atom. The van der Waals surface area contributed by atoms with Gasteiger partial charge < -0.3 is 15.0 Å². The van der Waals surface area contributed by atoms with Crippen molar-refractivity contribution in [3.8, 4) is 17.1 Å². The Kier molecular flexibility index (Phi) is 7.35. The van der Waals surface area contributed by atoms with E-state index in [-0.39, 0.29) is 6.61 Å². The molecule has 0 aliphatic carbocycles. The van der Waals surface area contributed by atoms with Crippen LogP contribution in [0, 0.1) is 0 Å². The molecule has 34 heavy (non-hydrogen) atoms. The number of nitrogens with zero attached hydrogens (tertiary/aromatic N) is 4. The molecule has 7 nitrogen and oxygen atoms in total. The fraction of sp³-hybridized carbons (Fsp3) is 0.160. The average molecular weight is 496 g/mol. The standard InChI is InChI=1S/C25H23Cl2N5O2/c1-31(2)20-11-8-17(9-12-20)15-28-25-29-24(18-6-4-3-5-7-18)30-32(25)23(33)16-34-22-13-10-19(26)14-21(22)27/h3-14H,15-16H2,1-2H3,(H,28,29,30). The van der Waals surface area contributed by atoms with E-state index in [0.717, 1.165) is 16.8 Å². The van der Waals surface area contributed by atoms with Crippen molar-refractivity contribution in [1.29, 1.82) is 0 Å². The minimum atomic E-state index is -0.397. The zero-order valence-corrected chi connectivity index (χ0v) is 20.2. The molecule has 4 aromatic rings. The molecule has 0 radical (unpaired) electrons. The highest BCUT2D eigenvalue weighted by molar-refractivity contribution is 6.35. The van der Waals surface area contributed by atoms with E-state index in [1.807, 2.05) is 73.6 Å². The van der Waals surface area contributed by atoms with Crippen molar-refractivity contribution >= 4 is 40.7 Å². The van der Waals surface area contributed by atoms with Gasteiger partial charge in [-0.2, -0.15) is 9.67 Å². The van der Waals surface area contributed by atoms with Gasteiger partial charge in [-0.3, -0.25) is 4.79 Å². The molecule has 4 rings (SSSR count).